The van der Waals surface area contributed by atoms with Crippen LogP contribution in [0, 0.1) is 11.3 Å². The highest BCUT2D eigenvalue weighted by molar-refractivity contribution is 5.78. The summed E-state index contributed by atoms with van der Waals surface area (Å²) in [5.74, 6) is 0.524. The molecule has 94 valence electrons. The zero-order valence-corrected chi connectivity index (χ0v) is 10.7. The van der Waals surface area contributed by atoms with Crippen LogP contribution in [0.4, 0.5) is 4.79 Å². The minimum Gasteiger partial charge on any atom is -0.388 e. The third-order valence-electron chi connectivity index (χ3n) is 1.94. The Balaban J connectivity index is 4.28. The first-order valence-corrected chi connectivity index (χ1v) is 5.71. The lowest BCUT2D eigenvalue weighted by Crippen LogP contribution is -2.45. The van der Waals surface area contributed by atoms with E-state index in [1.165, 1.54) is 0 Å². The van der Waals surface area contributed by atoms with Gasteiger partial charge in [0.2, 0.25) is 0 Å². The number of urea groups is 1. The summed E-state index contributed by atoms with van der Waals surface area (Å²) >= 11 is 0. The van der Waals surface area contributed by atoms with Crippen molar-refractivity contribution in [3.05, 3.63) is 0 Å². The maximum Gasteiger partial charge on any atom is 0.317 e. The third-order valence-corrected chi connectivity index (χ3v) is 1.94. The van der Waals surface area contributed by atoms with Crippen molar-refractivity contribution in [1.82, 2.24) is 10.2 Å². The molecule has 0 unspecified atom stereocenters. The monoisotopic (exact) mass is 228 g/mol. The Labute approximate surface area is 97.9 Å². The number of nitrogens with one attached hydrogen (secondary N) is 2. The van der Waals surface area contributed by atoms with Crippen molar-refractivity contribution in [1.29, 1.82) is 5.41 Å². The van der Waals surface area contributed by atoms with Crippen LogP contribution in [0.1, 0.15) is 34.1 Å². The van der Waals surface area contributed by atoms with Gasteiger partial charge in [0.25, 0.3) is 0 Å². The summed E-state index contributed by atoms with van der Waals surface area (Å²) in [5.41, 5.74) is 5.30. The summed E-state index contributed by atoms with van der Waals surface area (Å²) in [6.45, 7) is 9.16. The maximum absolute atomic E-state index is 11.8. The molecule has 0 heterocycles. The van der Waals surface area contributed by atoms with E-state index in [0.29, 0.717) is 25.4 Å². The number of nitrogens with zero attached hydrogens (tertiary/aromatic N) is 1. The topological polar surface area (TPSA) is 82.2 Å². The molecule has 0 saturated heterocycles. The molecule has 0 radical (unpaired) electrons. The van der Waals surface area contributed by atoms with E-state index >= 15 is 0 Å². The average molecular weight is 228 g/mol. The Hall–Kier alpha value is -1.26. The smallest absolute Gasteiger partial charge is 0.317 e. The molecule has 0 aromatic rings. The molecule has 5 nitrogen and oxygen atoms in total. The van der Waals surface area contributed by atoms with Crippen molar-refractivity contribution in [2.24, 2.45) is 11.7 Å². The summed E-state index contributed by atoms with van der Waals surface area (Å²) in [7, 11) is 0. The van der Waals surface area contributed by atoms with Gasteiger partial charge in [-0.3, -0.25) is 5.41 Å². The van der Waals surface area contributed by atoms with Crippen LogP contribution in [0.15, 0.2) is 0 Å². The molecular weight excluding hydrogens is 204 g/mol. The van der Waals surface area contributed by atoms with Crippen LogP contribution < -0.4 is 11.1 Å². The highest BCUT2D eigenvalue weighted by Crippen LogP contribution is 2.01. The second-order valence-corrected chi connectivity index (χ2v) is 4.72. The van der Waals surface area contributed by atoms with Crippen molar-refractivity contribution in [2.75, 3.05) is 13.1 Å². The molecule has 2 amide bonds. The van der Waals surface area contributed by atoms with Crippen molar-refractivity contribution in [3.63, 3.8) is 0 Å². The van der Waals surface area contributed by atoms with Crippen LogP contribution in [0.25, 0.3) is 0 Å². The van der Waals surface area contributed by atoms with Crippen LogP contribution in [0.5, 0.6) is 0 Å². The van der Waals surface area contributed by atoms with Crippen LogP contribution in [-0.4, -0.2) is 35.9 Å². The predicted octanol–water partition coefficient (Wildman–Crippen LogP) is 1.39. The highest BCUT2D eigenvalue weighted by atomic mass is 16.2. The van der Waals surface area contributed by atoms with Crippen LogP contribution in [0.2, 0.25) is 0 Å². The largest absolute Gasteiger partial charge is 0.388 e. The molecule has 16 heavy (non-hydrogen) atoms. The van der Waals surface area contributed by atoms with E-state index in [1.54, 1.807) is 4.90 Å². The molecule has 0 rings (SSSR count). The van der Waals surface area contributed by atoms with Gasteiger partial charge in [0.1, 0.15) is 0 Å². The molecule has 0 spiro atoms. The molecule has 0 aliphatic heterocycles. The number of nitrogens with two attached hydrogens (primary N) is 1. The average Bonchev–Trinajstić information content (AvgIpc) is 2.09. The fraction of sp³-hybridized carbons (Fsp3) is 0.818. The van der Waals surface area contributed by atoms with E-state index in [1.807, 2.05) is 13.8 Å². The van der Waals surface area contributed by atoms with Crippen molar-refractivity contribution in [3.8, 4) is 0 Å². The molecule has 5 heteroatoms. The van der Waals surface area contributed by atoms with Gasteiger partial charge in [-0.2, -0.15) is 0 Å². The van der Waals surface area contributed by atoms with E-state index in [2.05, 4.69) is 19.2 Å². The van der Waals surface area contributed by atoms with Crippen molar-refractivity contribution in [2.45, 2.75) is 40.2 Å². The molecular formula is C11H24N4O. The molecule has 0 aliphatic carbocycles. The van der Waals surface area contributed by atoms with Gasteiger partial charge < -0.3 is 16.0 Å². The van der Waals surface area contributed by atoms with Gasteiger partial charge in [-0.15, -0.1) is 0 Å². The summed E-state index contributed by atoms with van der Waals surface area (Å²) in [5, 5.41) is 10.0. The van der Waals surface area contributed by atoms with Crippen LogP contribution in [-0.2, 0) is 0 Å². The van der Waals surface area contributed by atoms with Gasteiger partial charge in [-0.05, 0) is 19.8 Å². The number of carbonyl (C=O) groups is 1. The first-order valence-electron chi connectivity index (χ1n) is 5.71. The Morgan fingerprint density at radius 1 is 1.38 bits per heavy atom. The van der Waals surface area contributed by atoms with Gasteiger partial charge in [-0.1, -0.05) is 13.8 Å². The van der Waals surface area contributed by atoms with Gasteiger partial charge in [0.15, 0.2) is 0 Å². The number of hydrogen-bond donors (Lipinski definition) is 3. The standard InChI is InChI=1S/C11H24N4O/c1-8(2)7-15(6-5-10(12)13)11(16)14-9(3)4/h8-9H,5-7H2,1-4H3,(H3,12,13)(H,14,16). The SMILES string of the molecule is CC(C)CN(CCC(=N)N)C(=O)NC(C)C. The van der Waals surface area contributed by atoms with Crippen molar-refractivity contribution < 1.29 is 4.79 Å². The maximum atomic E-state index is 11.8. The molecule has 4 N–H and O–H groups in total. The third kappa shape index (κ3) is 7.09. The molecule has 0 aromatic heterocycles. The van der Waals surface area contributed by atoms with Gasteiger partial charge in [-0.25, -0.2) is 4.79 Å². The molecule has 0 bridgehead atoms. The predicted molar refractivity (Wildman–Crippen MR) is 66.6 cm³/mol. The molecule has 0 saturated carbocycles. The Bertz CT molecular complexity index is 238. The quantitative estimate of drug-likeness (QED) is 0.474. The highest BCUT2D eigenvalue weighted by Gasteiger charge is 2.15. The van der Waals surface area contributed by atoms with Crippen LogP contribution in [0.3, 0.4) is 0 Å². The van der Waals surface area contributed by atoms with Gasteiger partial charge in [0, 0.05) is 25.6 Å². The first kappa shape index (κ1) is 14.7. The summed E-state index contributed by atoms with van der Waals surface area (Å²) in [4.78, 5) is 13.5. The summed E-state index contributed by atoms with van der Waals surface area (Å²) in [6, 6.07) is 0.0458. The fourth-order valence-corrected chi connectivity index (χ4v) is 1.31. The lowest BCUT2D eigenvalue weighted by atomic mass is 10.2. The number of hydrogen-bond acceptors (Lipinski definition) is 2. The van der Waals surface area contributed by atoms with Gasteiger partial charge >= 0.3 is 6.03 Å². The second-order valence-electron chi connectivity index (χ2n) is 4.72. The Morgan fingerprint density at radius 2 is 1.94 bits per heavy atom. The lowest BCUT2D eigenvalue weighted by molar-refractivity contribution is 0.190. The minimum absolute atomic E-state index is 0.0787. The normalized spacial score (nSPS) is 10.6. The summed E-state index contributed by atoms with van der Waals surface area (Å²) < 4.78 is 0. The van der Waals surface area contributed by atoms with Crippen molar-refractivity contribution >= 4 is 11.9 Å². The number of amidine groups is 1. The lowest BCUT2D eigenvalue weighted by Gasteiger charge is -2.25. The number of rotatable bonds is 6. The summed E-state index contributed by atoms with van der Waals surface area (Å²) in [6.07, 6.45) is 0.429. The molecule has 0 fully saturated rings. The fourth-order valence-electron chi connectivity index (χ4n) is 1.31. The molecule has 0 atom stereocenters. The van der Waals surface area contributed by atoms with E-state index in [0.717, 1.165) is 0 Å². The van der Waals surface area contributed by atoms with Crippen LogP contribution >= 0.6 is 0 Å². The second kappa shape index (κ2) is 7.09. The Kier molecular flexibility index (Phi) is 6.53. The first-order chi connectivity index (χ1) is 7.32. The van der Waals surface area contributed by atoms with E-state index in [-0.39, 0.29) is 17.9 Å². The van der Waals surface area contributed by atoms with E-state index < -0.39 is 0 Å². The van der Waals surface area contributed by atoms with E-state index in [9.17, 15) is 4.79 Å². The Morgan fingerprint density at radius 3 is 2.31 bits per heavy atom. The zero-order valence-electron chi connectivity index (χ0n) is 10.7. The minimum atomic E-state index is -0.0787. The number of amides is 2. The zero-order chi connectivity index (χ0) is 12.7. The van der Waals surface area contributed by atoms with E-state index in [4.69, 9.17) is 11.1 Å². The molecule has 0 aromatic carbocycles. The van der Waals surface area contributed by atoms with Gasteiger partial charge in [0.05, 0.1) is 5.84 Å². The molecule has 0 aliphatic rings. The number of carbonyl (C=O) groups excluding carboxylic acids is 1.